The largest absolute Gasteiger partial charge is 0.307 e. The summed E-state index contributed by atoms with van der Waals surface area (Å²) in [5.41, 5.74) is 0.329. The number of fused-ring (bicyclic) bond motifs is 2. The molecular weight excluding hydrogens is 616 g/mol. The molecule has 0 unspecified atom stereocenters. The van der Waals surface area contributed by atoms with E-state index in [1.165, 1.54) is 24.3 Å². The minimum Gasteiger partial charge on any atom is -0.307 e. The van der Waals surface area contributed by atoms with Crippen LogP contribution in [0.15, 0.2) is 33.9 Å². The minimum atomic E-state index is -0.493. The number of halogens is 3. The van der Waals surface area contributed by atoms with E-state index in [1.807, 2.05) is 0 Å². The standard InChI is InChI=1S/C15H20FN3O.C14H19FN4O.ClH.2H2S/c1-10(2)9-18-14(11-5-3-4-6-11)17-19-12(15(18)20)7-8-13(19)16;1-9(2)8-18-13(10-4-3-7-16-10)17-19-11(14(18)20)5-6-12(19)15;;;/h7-8,10-11H,3-6,9H2,1-2H3;5-6,9-10,16H,3-4,7-8H2,1-2H3;1H;2*1H2/t;10-;;;/m.0.../s1. The number of aromatic nitrogens is 6. The molecule has 1 aliphatic carbocycles. The number of hydrogen-bond acceptors (Lipinski definition) is 5. The Balaban J connectivity index is 0.000000281. The molecule has 2 aliphatic rings. The molecular formula is C29H44ClF2N7O2S2. The predicted molar refractivity (Wildman–Crippen MR) is 178 cm³/mol. The fourth-order valence-corrected chi connectivity index (χ4v) is 5.86. The Bertz CT molecular complexity index is 1500. The number of nitrogens with one attached hydrogen (secondary N) is 1. The highest BCUT2D eigenvalue weighted by molar-refractivity contribution is 7.59. The van der Waals surface area contributed by atoms with Crippen molar-refractivity contribution in [1.82, 2.24) is 33.7 Å². The van der Waals surface area contributed by atoms with E-state index in [4.69, 9.17) is 0 Å². The van der Waals surface area contributed by atoms with Crippen LogP contribution in [0.5, 0.6) is 0 Å². The molecule has 14 heteroatoms. The van der Waals surface area contributed by atoms with Gasteiger partial charge in [0, 0.05) is 19.0 Å². The molecule has 4 aromatic heterocycles. The molecule has 9 nitrogen and oxygen atoms in total. The Morgan fingerprint density at radius 3 is 1.67 bits per heavy atom. The van der Waals surface area contributed by atoms with Gasteiger partial charge in [0.2, 0.25) is 11.9 Å². The zero-order valence-electron chi connectivity index (χ0n) is 25.1. The van der Waals surface area contributed by atoms with Crippen LogP contribution < -0.4 is 16.4 Å². The SMILES string of the molecule is CC(C)Cn1c(C2CCCC2)nn2c(F)ccc2c1=O.CC(C)Cn1c([C@@H]2CCCN2)nn2c(F)ccc2c1=O.Cl.S.S. The maximum atomic E-state index is 13.7. The van der Waals surface area contributed by atoms with Gasteiger partial charge in [-0.1, -0.05) is 40.5 Å². The third-order valence-corrected chi connectivity index (χ3v) is 7.69. The smallest absolute Gasteiger partial charge is 0.278 e. The van der Waals surface area contributed by atoms with Crippen LogP contribution in [0.4, 0.5) is 8.78 Å². The molecule has 1 saturated carbocycles. The highest BCUT2D eigenvalue weighted by Gasteiger charge is 2.26. The number of rotatable bonds is 6. The number of nitrogens with zero attached hydrogens (tertiary/aromatic N) is 6. The maximum absolute atomic E-state index is 13.7. The summed E-state index contributed by atoms with van der Waals surface area (Å²) in [6, 6.07) is 5.64. The molecule has 0 spiro atoms. The molecule has 43 heavy (non-hydrogen) atoms. The first-order valence-electron chi connectivity index (χ1n) is 14.4. The van der Waals surface area contributed by atoms with Gasteiger partial charge in [0.15, 0.2) is 0 Å². The van der Waals surface area contributed by atoms with Gasteiger partial charge in [-0.25, -0.2) is 0 Å². The van der Waals surface area contributed by atoms with Crippen LogP contribution in [-0.2, 0) is 13.1 Å². The number of hydrogen-bond donors (Lipinski definition) is 1. The quantitative estimate of drug-likeness (QED) is 0.303. The van der Waals surface area contributed by atoms with Gasteiger partial charge < -0.3 is 5.32 Å². The molecule has 0 bridgehead atoms. The highest BCUT2D eigenvalue weighted by Crippen LogP contribution is 2.32. The van der Waals surface area contributed by atoms with Crippen molar-refractivity contribution in [3.8, 4) is 0 Å². The van der Waals surface area contributed by atoms with Crippen molar-refractivity contribution < 1.29 is 8.78 Å². The van der Waals surface area contributed by atoms with E-state index in [0.29, 0.717) is 41.8 Å². The van der Waals surface area contributed by atoms with Gasteiger partial charge in [0.05, 0.1) is 6.04 Å². The van der Waals surface area contributed by atoms with Gasteiger partial charge in [0.25, 0.3) is 11.1 Å². The lowest BCUT2D eigenvalue weighted by Crippen LogP contribution is -2.33. The van der Waals surface area contributed by atoms with Crippen molar-refractivity contribution in [2.24, 2.45) is 11.8 Å². The summed E-state index contributed by atoms with van der Waals surface area (Å²) >= 11 is 0. The summed E-state index contributed by atoms with van der Waals surface area (Å²) < 4.78 is 33.2. The molecule has 4 aromatic rings. The molecule has 1 N–H and O–H groups in total. The Morgan fingerprint density at radius 1 is 0.767 bits per heavy atom. The zero-order valence-corrected chi connectivity index (χ0v) is 28.0. The topological polar surface area (TPSA) is 90.6 Å². The zero-order chi connectivity index (χ0) is 28.6. The van der Waals surface area contributed by atoms with Crippen LogP contribution in [0.2, 0.25) is 0 Å². The summed E-state index contributed by atoms with van der Waals surface area (Å²) in [6.07, 6.45) is 6.38. The van der Waals surface area contributed by atoms with E-state index in [1.54, 1.807) is 9.13 Å². The first-order chi connectivity index (χ1) is 19.2. The second-order valence-corrected chi connectivity index (χ2v) is 11.9. The second kappa shape index (κ2) is 15.6. The molecule has 0 aromatic carbocycles. The van der Waals surface area contributed by atoms with Crippen molar-refractivity contribution in [2.75, 3.05) is 6.54 Å². The van der Waals surface area contributed by atoms with Crippen LogP contribution in [0, 0.1) is 23.7 Å². The first kappa shape index (κ1) is 36.8. The van der Waals surface area contributed by atoms with Gasteiger partial charge in [-0.3, -0.25) is 18.7 Å². The molecule has 240 valence electrons. The molecule has 0 radical (unpaired) electrons. The summed E-state index contributed by atoms with van der Waals surface area (Å²) in [5, 5.41) is 12.1. The van der Waals surface area contributed by atoms with Crippen LogP contribution in [0.25, 0.3) is 11.0 Å². The van der Waals surface area contributed by atoms with Crippen molar-refractivity contribution in [3.63, 3.8) is 0 Å². The van der Waals surface area contributed by atoms with E-state index in [0.717, 1.165) is 59.9 Å². The molecule has 1 atom stereocenters. The average Bonchev–Trinajstić information content (AvgIpc) is 3.72. The van der Waals surface area contributed by atoms with Gasteiger partial charge in [-0.05, 0) is 68.3 Å². The fraction of sp³-hybridized carbons (Fsp3) is 0.586. The first-order valence-corrected chi connectivity index (χ1v) is 14.4. The van der Waals surface area contributed by atoms with Gasteiger partial charge in [0.1, 0.15) is 22.7 Å². The summed E-state index contributed by atoms with van der Waals surface area (Å²) in [4.78, 5) is 25.2. The lowest BCUT2D eigenvalue weighted by Gasteiger charge is -2.18. The molecule has 6 rings (SSSR count). The van der Waals surface area contributed by atoms with Crippen molar-refractivity contribution in [1.29, 1.82) is 0 Å². The van der Waals surface area contributed by atoms with Crippen LogP contribution in [0.1, 0.15) is 89.8 Å². The third-order valence-electron chi connectivity index (χ3n) is 7.69. The second-order valence-electron chi connectivity index (χ2n) is 11.9. The fourth-order valence-electron chi connectivity index (χ4n) is 5.86. The van der Waals surface area contributed by atoms with Crippen LogP contribution in [0.3, 0.4) is 0 Å². The van der Waals surface area contributed by atoms with Crippen LogP contribution in [-0.4, -0.2) is 34.9 Å². The minimum absolute atomic E-state index is 0. The summed E-state index contributed by atoms with van der Waals surface area (Å²) in [7, 11) is 0. The van der Waals surface area contributed by atoms with Crippen molar-refractivity contribution >= 4 is 50.4 Å². The molecule has 5 heterocycles. The average molecular weight is 660 g/mol. The maximum Gasteiger partial charge on any atom is 0.278 e. The Morgan fingerprint density at radius 2 is 1.23 bits per heavy atom. The lowest BCUT2D eigenvalue weighted by molar-refractivity contribution is 0.436. The predicted octanol–water partition coefficient (Wildman–Crippen LogP) is 5.31. The van der Waals surface area contributed by atoms with Gasteiger partial charge in [-0.2, -0.15) is 55.0 Å². The summed E-state index contributed by atoms with van der Waals surface area (Å²) in [5.74, 6) is 1.41. The van der Waals surface area contributed by atoms with Gasteiger partial charge >= 0.3 is 0 Å². The molecule has 0 amide bonds. The molecule has 2 fully saturated rings. The van der Waals surface area contributed by atoms with E-state index >= 15 is 0 Å². The van der Waals surface area contributed by atoms with E-state index in [2.05, 4.69) is 43.2 Å². The van der Waals surface area contributed by atoms with Gasteiger partial charge in [-0.15, -0.1) is 12.4 Å². The van der Waals surface area contributed by atoms with E-state index in [9.17, 15) is 18.4 Å². The third kappa shape index (κ3) is 7.66. The van der Waals surface area contributed by atoms with Crippen LogP contribution >= 0.6 is 39.4 Å². The normalized spacial score (nSPS) is 16.7. The summed E-state index contributed by atoms with van der Waals surface area (Å²) in [6.45, 7) is 10.4. The monoisotopic (exact) mass is 659 g/mol. The Kier molecular flexibility index (Phi) is 13.4. The molecule has 1 saturated heterocycles. The van der Waals surface area contributed by atoms with Crippen molar-refractivity contribution in [2.45, 2.75) is 91.3 Å². The lowest BCUT2D eigenvalue weighted by atomic mass is 10.1. The highest BCUT2D eigenvalue weighted by atomic mass is 35.5. The Hall–Kier alpha value is -2.35. The van der Waals surface area contributed by atoms with Crippen molar-refractivity contribution in [3.05, 3.63) is 68.5 Å². The molecule has 1 aliphatic heterocycles. The van der Waals surface area contributed by atoms with E-state index < -0.39 is 11.9 Å². The Labute approximate surface area is 270 Å². The van der Waals surface area contributed by atoms with E-state index in [-0.39, 0.29) is 62.5 Å².